The lowest BCUT2D eigenvalue weighted by atomic mass is 9.92. The van der Waals surface area contributed by atoms with Gasteiger partial charge in [-0.15, -0.1) is 12.4 Å². The fraction of sp³-hybridized carbons (Fsp3) is 0.462. The summed E-state index contributed by atoms with van der Waals surface area (Å²) in [6, 6.07) is 14.5. The molecule has 0 bridgehead atoms. The van der Waals surface area contributed by atoms with E-state index in [9.17, 15) is 0 Å². The number of fused-ring (bicyclic) bond motifs is 1. The Kier molecular flexibility index (Phi) is 8.84. The van der Waals surface area contributed by atoms with Gasteiger partial charge in [-0.25, -0.2) is 0 Å². The highest BCUT2D eigenvalue weighted by atomic mass is 35.5. The van der Waals surface area contributed by atoms with Crippen molar-refractivity contribution in [3.05, 3.63) is 59.3 Å². The molecule has 0 atom stereocenters. The van der Waals surface area contributed by atoms with Crippen LogP contribution in [0, 0.1) is 19.8 Å². The number of ether oxygens (including phenoxy) is 2. The van der Waals surface area contributed by atoms with Crippen molar-refractivity contribution in [3.63, 3.8) is 0 Å². The van der Waals surface area contributed by atoms with Crippen molar-refractivity contribution in [2.24, 2.45) is 5.92 Å². The van der Waals surface area contributed by atoms with E-state index in [-0.39, 0.29) is 17.9 Å². The summed E-state index contributed by atoms with van der Waals surface area (Å²) < 4.78 is 11.9. The van der Waals surface area contributed by atoms with Crippen LogP contribution in [0.15, 0.2) is 42.5 Å². The molecule has 0 radical (unpaired) electrons. The minimum atomic E-state index is -0.0410. The zero-order valence-corrected chi connectivity index (χ0v) is 20.5. The number of rotatable bonds is 10. The van der Waals surface area contributed by atoms with Gasteiger partial charge in [0.25, 0.3) is 0 Å². The maximum atomic E-state index is 6.02. The standard InChI is InChI=1S/C26H36N2O2.ClH/c1-18(2)17-30-25-10-8-7-9-24(25)29-14-13-27-26(5,6)16-22-20(4)28-23-12-11-19(3)15-21(22)23;/h7-12,15,18,27-28H,13-14,16-17H2,1-6H3;1H. The normalized spacial score (nSPS) is 11.6. The topological polar surface area (TPSA) is 46.3 Å². The van der Waals surface area contributed by atoms with E-state index in [4.69, 9.17) is 9.47 Å². The number of aryl methyl sites for hydroxylation is 2. The molecular formula is C26H37ClN2O2. The summed E-state index contributed by atoms with van der Waals surface area (Å²) in [5, 5.41) is 4.99. The highest BCUT2D eigenvalue weighted by Crippen LogP contribution is 2.28. The Balaban J connectivity index is 0.00000341. The minimum absolute atomic E-state index is 0. The van der Waals surface area contributed by atoms with Crippen LogP contribution in [-0.2, 0) is 6.42 Å². The molecule has 4 nitrogen and oxygen atoms in total. The van der Waals surface area contributed by atoms with Crippen molar-refractivity contribution in [2.75, 3.05) is 19.8 Å². The number of aromatic nitrogens is 1. The number of halogens is 1. The van der Waals surface area contributed by atoms with Crippen LogP contribution in [0.5, 0.6) is 11.5 Å². The number of benzene rings is 2. The number of para-hydroxylation sites is 2. The molecular weight excluding hydrogens is 408 g/mol. The van der Waals surface area contributed by atoms with Crippen LogP contribution in [0.3, 0.4) is 0 Å². The average molecular weight is 445 g/mol. The first-order valence-electron chi connectivity index (χ1n) is 10.9. The van der Waals surface area contributed by atoms with E-state index in [0.29, 0.717) is 19.1 Å². The van der Waals surface area contributed by atoms with Crippen LogP contribution in [0.4, 0.5) is 0 Å². The molecule has 0 amide bonds. The second kappa shape index (κ2) is 10.9. The third kappa shape index (κ3) is 6.91. The predicted octanol–water partition coefficient (Wildman–Crippen LogP) is 6.23. The maximum Gasteiger partial charge on any atom is 0.161 e. The van der Waals surface area contributed by atoms with E-state index < -0.39 is 0 Å². The highest BCUT2D eigenvalue weighted by molar-refractivity contribution is 5.85. The summed E-state index contributed by atoms with van der Waals surface area (Å²) >= 11 is 0. The number of aromatic amines is 1. The van der Waals surface area contributed by atoms with E-state index in [1.54, 1.807) is 0 Å². The van der Waals surface area contributed by atoms with Crippen LogP contribution < -0.4 is 14.8 Å². The predicted molar refractivity (Wildman–Crippen MR) is 133 cm³/mol. The Morgan fingerprint density at radius 3 is 2.35 bits per heavy atom. The van der Waals surface area contributed by atoms with Gasteiger partial charge < -0.3 is 19.8 Å². The number of nitrogens with one attached hydrogen (secondary N) is 2. The van der Waals surface area contributed by atoms with Gasteiger partial charge in [-0.2, -0.15) is 0 Å². The molecule has 0 spiro atoms. The monoisotopic (exact) mass is 444 g/mol. The van der Waals surface area contributed by atoms with Crippen molar-refractivity contribution in [1.82, 2.24) is 10.3 Å². The van der Waals surface area contributed by atoms with Gasteiger partial charge in [0.2, 0.25) is 0 Å². The molecule has 0 aliphatic heterocycles. The van der Waals surface area contributed by atoms with Crippen LogP contribution >= 0.6 is 12.4 Å². The van der Waals surface area contributed by atoms with E-state index >= 15 is 0 Å². The number of hydrogen-bond acceptors (Lipinski definition) is 3. The lowest BCUT2D eigenvalue weighted by molar-refractivity contribution is 0.238. The van der Waals surface area contributed by atoms with Crippen molar-refractivity contribution >= 4 is 23.3 Å². The van der Waals surface area contributed by atoms with Gasteiger partial charge in [0.15, 0.2) is 11.5 Å². The summed E-state index contributed by atoms with van der Waals surface area (Å²) in [5.41, 5.74) is 5.10. The van der Waals surface area contributed by atoms with Gasteiger partial charge >= 0.3 is 0 Å². The smallest absolute Gasteiger partial charge is 0.161 e. The molecule has 3 rings (SSSR count). The molecule has 2 aromatic carbocycles. The fourth-order valence-corrected chi connectivity index (χ4v) is 3.72. The van der Waals surface area contributed by atoms with Gasteiger partial charge in [-0.1, -0.05) is 37.6 Å². The maximum absolute atomic E-state index is 6.02. The molecule has 170 valence electrons. The summed E-state index contributed by atoms with van der Waals surface area (Å²) in [6.45, 7) is 15.2. The SMILES string of the molecule is Cc1ccc2[nH]c(C)c(CC(C)(C)NCCOc3ccccc3OCC(C)C)c2c1.Cl. The minimum Gasteiger partial charge on any atom is -0.489 e. The van der Waals surface area contributed by atoms with E-state index in [0.717, 1.165) is 24.5 Å². The Bertz CT molecular complexity index is 979. The molecule has 1 aromatic heterocycles. The van der Waals surface area contributed by atoms with Gasteiger partial charge in [0, 0.05) is 28.7 Å². The van der Waals surface area contributed by atoms with Crippen molar-refractivity contribution in [2.45, 2.75) is 53.5 Å². The molecule has 0 unspecified atom stereocenters. The van der Waals surface area contributed by atoms with Crippen LogP contribution in [0.1, 0.15) is 44.5 Å². The molecule has 0 fully saturated rings. The van der Waals surface area contributed by atoms with E-state index in [1.165, 1.54) is 27.7 Å². The Morgan fingerprint density at radius 2 is 1.68 bits per heavy atom. The molecule has 0 aliphatic rings. The molecule has 5 heteroatoms. The van der Waals surface area contributed by atoms with Crippen molar-refractivity contribution in [3.8, 4) is 11.5 Å². The van der Waals surface area contributed by atoms with E-state index in [1.807, 2.05) is 24.3 Å². The van der Waals surface area contributed by atoms with Crippen LogP contribution in [0.25, 0.3) is 10.9 Å². The summed E-state index contributed by atoms with van der Waals surface area (Å²) in [5.74, 6) is 2.10. The third-order valence-electron chi connectivity index (χ3n) is 5.28. The molecule has 0 aliphatic carbocycles. The molecule has 0 saturated carbocycles. The average Bonchev–Trinajstić information content (AvgIpc) is 2.98. The Labute approximate surface area is 193 Å². The molecule has 0 saturated heterocycles. The lowest BCUT2D eigenvalue weighted by Gasteiger charge is -2.27. The second-order valence-corrected chi connectivity index (χ2v) is 9.27. The van der Waals surface area contributed by atoms with Gasteiger partial charge in [-0.05, 0) is 69.9 Å². The first-order chi connectivity index (χ1) is 14.2. The zero-order valence-electron chi connectivity index (χ0n) is 19.7. The quantitative estimate of drug-likeness (QED) is 0.364. The van der Waals surface area contributed by atoms with Gasteiger partial charge in [0.05, 0.1) is 6.61 Å². The summed E-state index contributed by atoms with van der Waals surface area (Å²) in [6.07, 6.45) is 0.955. The van der Waals surface area contributed by atoms with Gasteiger partial charge in [-0.3, -0.25) is 0 Å². The van der Waals surface area contributed by atoms with Crippen LogP contribution in [0.2, 0.25) is 0 Å². The van der Waals surface area contributed by atoms with Crippen LogP contribution in [-0.4, -0.2) is 30.3 Å². The zero-order chi connectivity index (χ0) is 21.7. The summed E-state index contributed by atoms with van der Waals surface area (Å²) in [4.78, 5) is 3.53. The Hall–Kier alpha value is -2.17. The first-order valence-corrected chi connectivity index (χ1v) is 10.9. The molecule has 2 N–H and O–H groups in total. The molecule has 31 heavy (non-hydrogen) atoms. The third-order valence-corrected chi connectivity index (χ3v) is 5.28. The second-order valence-electron chi connectivity index (χ2n) is 9.27. The van der Waals surface area contributed by atoms with Crippen molar-refractivity contribution in [1.29, 1.82) is 0 Å². The molecule has 1 heterocycles. The lowest BCUT2D eigenvalue weighted by Crippen LogP contribution is -2.43. The number of hydrogen-bond donors (Lipinski definition) is 2. The summed E-state index contributed by atoms with van der Waals surface area (Å²) in [7, 11) is 0. The van der Waals surface area contributed by atoms with Gasteiger partial charge in [0.1, 0.15) is 6.61 Å². The van der Waals surface area contributed by atoms with Crippen molar-refractivity contribution < 1.29 is 9.47 Å². The fourth-order valence-electron chi connectivity index (χ4n) is 3.72. The Morgan fingerprint density at radius 1 is 1.00 bits per heavy atom. The number of H-pyrrole nitrogens is 1. The highest BCUT2D eigenvalue weighted by Gasteiger charge is 2.21. The largest absolute Gasteiger partial charge is 0.489 e. The van der Waals surface area contributed by atoms with E-state index in [2.05, 4.69) is 70.0 Å². The first kappa shape index (κ1) is 25.1. The molecule has 3 aromatic rings.